The molecule has 12 heavy (non-hydrogen) atoms. The summed E-state index contributed by atoms with van der Waals surface area (Å²) in [6, 6.07) is 0. The van der Waals surface area contributed by atoms with E-state index in [1.54, 1.807) is 0 Å². The van der Waals surface area contributed by atoms with Crippen molar-refractivity contribution in [2.45, 2.75) is 13.1 Å². The van der Waals surface area contributed by atoms with Gasteiger partial charge in [0.2, 0.25) is 0 Å². The molecule has 0 aliphatic rings. The minimum absolute atomic E-state index is 0. The van der Waals surface area contributed by atoms with E-state index >= 15 is 0 Å². The van der Waals surface area contributed by atoms with Gasteiger partial charge in [-0.05, 0) is 0 Å². The number of rotatable bonds is 0. The van der Waals surface area contributed by atoms with Gasteiger partial charge in [0, 0.05) is 6.92 Å². The number of carbonyl (C=O) groups is 2. The Balaban J connectivity index is -0.0000000600. The Labute approximate surface area is 79.0 Å². The predicted molar refractivity (Wildman–Crippen MR) is 28.1 cm³/mol. The summed E-state index contributed by atoms with van der Waals surface area (Å²) in [7, 11) is 0. The average Bonchev–Trinajstić information content (AvgIpc) is 1.59. The van der Waals surface area contributed by atoms with E-state index < -0.39 is 18.1 Å². The quantitative estimate of drug-likeness (QED) is 0.418. The van der Waals surface area contributed by atoms with E-state index in [4.69, 9.17) is 19.8 Å². The van der Waals surface area contributed by atoms with Crippen molar-refractivity contribution >= 4 is 11.9 Å². The maximum absolute atomic E-state index is 10.6. The Morgan fingerprint density at radius 3 is 1.33 bits per heavy atom. The van der Waals surface area contributed by atoms with Crippen LogP contribution in [0.5, 0.6) is 0 Å². The fourth-order valence-electron chi connectivity index (χ4n) is 0. The van der Waals surface area contributed by atoms with Gasteiger partial charge in [0.05, 0.1) is 0 Å². The molecular formula is C4H6F3LiO4. The number of halogens is 3. The van der Waals surface area contributed by atoms with Crippen LogP contribution >= 0.6 is 0 Å². The molecule has 0 spiro atoms. The SMILES string of the molecule is CC(=O)O.O=C(O)C(F)(F)F.[H-].[Li+]. The van der Waals surface area contributed by atoms with Crippen molar-refractivity contribution in [1.29, 1.82) is 0 Å². The molecule has 0 aromatic heterocycles. The first-order valence-corrected chi connectivity index (χ1v) is 2.17. The first-order valence-electron chi connectivity index (χ1n) is 2.17. The molecule has 0 rings (SSSR count). The van der Waals surface area contributed by atoms with Crippen molar-refractivity contribution < 1.29 is 53.3 Å². The van der Waals surface area contributed by atoms with Crippen LogP contribution in [-0.4, -0.2) is 28.3 Å². The second-order valence-electron chi connectivity index (χ2n) is 1.32. The molecule has 0 aromatic rings. The molecule has 0 bridgehead atoms. The van der Waals surface area contributed by atoms with Gasteiger partial charge in [0.1, 0.15) is 0 Å². The molecule has 0 aliphatic carbocycles. The average molecular weight is 182 g/mol. The second-order valence-corrected chi connectivity index (χ2v) is 1.32. The summed E-state index contributed by atoms with van der Waals surface area (Å²) < 4.78 is 31.7. The summed E-state index contributed by atoms with van der Waals surface area (Å²) in [5, 5.41) is 14.5. The monoisotopic (exact) mass is 182 g/mol. The van der Waals surface area contributed by atoms with Crippen LogP contribution in [-0.2, 0) is 9.59 Å². The number of carboxylic acids is 2. The van der Waals surface area contributed by atoms with Crippen LogP contribution < -0.4 is 18.9 Å². The number of aliphatic carboxylic acids is 2. The maximum atomic E-state index is 10.6. The summed E-state index contributed by atoms with van der Waals surface area (Å²) in [5.41, 5.74) is 0. The molecule has 0 saturated carbocycles. The zero-order chi connectivity index (χ0) is 9.65. The van der Waals surface area contributed by atoms with Crippen LogP contribution in [0.1, 0.15) is 8.35 Å². The Hall–Kier alpha value is -0.673. The standard InChI is InChI=1S/C2HF3O2.C2H4O2.Li.H/c3-2(4,5)1(6)7;1-2(3)4;;/h(H,6,7);1H3,(H,3,4);;/q;;+1;-1. The van der Waals surface area contributed by atoms with Crippen LogP contribution in [0.25, 0.3) is 0 Å². The molecule has 0 fully saturated rings. The fourth-order valence-corrected chi connectivity index (χ4v) is 0. The molecule has 8 heteroatoms. The molecule has 0 aliphatic heterocycles. The molecule has 0 heterocycles. The third-order valence-electron chi connectivity index (χ3n) is 0.243. The van der Waals surface area contributed by atoms with E-state index in [-0.39, 0.29) is 20.3 Å². The van der Waals surface area contributed by atoms with Gasteiger partial charge < -0.3 is 11.6 Å². The van der Waals surface area contributed by atoms with Gasteiger partial charge >= 0.3 is 31.0 Å². The van der Waals surface area contributed by atoms with Gasteiger partial charge in [-0.3, -0.25) is 4.79 Å². The van der Waals surface area contributed by atoms with Crippen LogP contribution in [0.4, 0.5) is 13.2 Å². The summed E-state index contributed by atoms with van der Waals surface area (Å²) >= 11 is 0. The normalized spacial score (nSPS) is 8.67. The van der Waals surface area contributed by atoms with Crippen molar-refractivity contribution in [3.63, 3.8) is 0 Å². The van der Waals surface area contributed by atoms with Gasteiger partial charge in [-0.25, -0.2) is 4.79 Å². The zero-order valence-electron chi connectivity index (χ0n) is 7.34. The number of alkyl halides is 3. The van der Waals surface area contributed by atoms with Gasteiger partial charge in [0.15, 0.2) is 0 Å². The van der Waals surface area contributed by atoms with Crippen LogP contribution in [0.3, 0.4) is 0 Å². The first-order chi connectivity index (χ1) is 4.68. The molecule has 0 unspecified atom stereocenters. The van der Waals surface area contributed by atoms with Crippen molar-refractivity contribution in [3.05, 3.63) is 0 Å². The van der Waals surface area contributed by atoms with Gasteiger partial charge in [-0.1, -0.05) is 0 Å². The Kier molecular flexibility index (Phi) is 10.2. The van der Waals surface area contributed by atoms with Crippen LogP contribution in [0.2, 0.25) is 0 Å². The summed E-state index contributed by atoms with van der Waals surface area (Å²) in [6.45, 7) is 1.08. The minimum Gasteiger partial charge on any atom is -1.00 e. The Morgan fingerprint density at radius 2 is 1.33 bits per heavy atom. The molecule has 2 N–H and O–H groups in total. The van der Waals surface area contributed by atoms with E-state index in [9.17, 15) is 13.2 Å². The largest absolute Gasteiger partial charge is 1.00 e. The molecule has 4 nitrogen and oxygen atoms in total. The topological polar surface area (TPSA) is 74.6 Å². The molecule has 0 amide bonds. The number of hydrogen-bond donors (Lipinski definition) is 2. The van der Waals surface area contributed by atoms with Crippen LogP contribution in [0, 0.1) is 0 Å². The van der Waals surface area contributed by atoms with E-state index in [0.717, 1.165) is 6.92 Å². The molecule has 68 valence electrons. The predicted octanol–water partition coefficient (Wildman–Crippen LogP) is -2.16. The van der Waals surface area contributed by atoms with Crippen molar-refractivity contribution in [2.75, 3.05) is 0 Å². The van der Waals surface area contributed by atoms with Gasteiger partial charge in [0.25, 0.3) is 5.97 Å². The first kappa shape index (κ1) is 17.4. The second kappa shape index (κ2) is 7.00. The van der Waals surface area contributed by atoms with Crippen molar-refractivity contribution in [1.82, 2.24) is 0 Å². The van der Waals surface area contributed by atoms with Crippen molar-refractivity contribution in [2.24, 2.45) is 0 Å². The van der Waals surface area contributed by atoms with E-state index in [2.05, 4.69) is 0 Å². The summed E-state index contributed by atoms with van der Waals surface area (Å²) in [5.74, 6) is -3.59. The zero-order valence-corrected chi connectivity index (χ0v) is 6.34. The minimum atomic E-state index is -5.08. The van der Waals surface area contributed by atoms with E-state index in [0.29, 0.717) is 0 Å². The fraction of sp³-hybridized carbons (Fsp3) is 0.500. The summed E-state index contributed by atoms with van der Waals surface area (Å²) in [4.78, 5) is 17.9. The van der Waals surface area contributed by atoms with Crippen LogP contribution in [0.15, 0.2) is 0 Å². The molecule has 0 saturated heterocycles. The Morgan fingerprint density at radius 1 is 1.25 bits per heavy atom. The Bertz CT molecular complexity index is 156. The van der Waals surface area contributed by atoms with Crippen molar-refractivity contribution in [3.8, 4) is 0 Å². The molecular weight excluding hydrogens is 176 g/mol. The third-order valence-corrected chi connectivity index (χ3v) is 0.243. The maximum Gasteiger partial charge on any atom is 1.00 e. The van der Waals surface area contributed by atoms with Gasteiger partial charge in [-0.15, -0.1) is 0 Å². The molecule has 0 radical (unpaired) electrons. The number of carboxylic acid groups (broad SMARTS) is 2. The molecule has 0 aromatic carbocycles. The van der Waals surface area contributed by atoms with Gasteiger partial charge in [-0.2, -0.15) is 13.2 Å². The molecule has 0 atom stereocenters. The van der Waals surface area contributed by atoms with E-state index in [1.807, 2.05) is 0 Å². The smallest absolute Gasteiger partial charge is 1.00 e. The number of hydrogen-bond acceptors (Lipinski definition) is 2. The third kappa shape index (κ3) is 22.8. The van der Waals surface area contributed by atoms with E-state index in [1.165, 1.54) is 0 Å². The summed E-state index contributed by atoms with van der Waals surface area (Å²) in [6.07, 6.45) is -5.08.